The zero-order valence-electron chi connectivity index (χ0n) is 4.71. The van der Waals surface area contributed by atoms with Gasteiger partial charge in [-0.1, -0.05) is 12.6 Å². The van der Waals surface area contributed by atoms with Crippen LogP contribution < -0.4 is 0 Å². The Kier molecular flexibility index (Phi) is 9.54. The van der Waals surface area contributed by atoms with Crippen molar-refractivity contribution < 1.29 is 4.79 Å². The van der Waals surface area contributed by atoms with E-state index in [-0.39, 0.29) is 31.7 Å². The number of carbonyl (C=O) groups excluding carboxylic acids is 1. The Morgan fingerprint density at radius 1 is 1.62 bits per heavy atom. The van der Waals surface area contributed by atoms with Crippen molar-refractivity contribution in [2.45, 2.75) is 0 Å². The van der Waals surface area contributed by atoms with Crippen LogP contribution >= 0.6 is 24.6 Å². The van der Waals surface area contributed by atoms with Gasteiger partial charge in [-0.3, -0.25) is 4.79 Å². The molecule has 4 radical (unpaired) electrons. The van der Waals surface area contributed by atoms with Gasteiger partial charge in [0.2, 0.25) is 0 Å². The van der Waals surface area contributed by atoms with Gasteiger partial charge in [-0.2, -0.15) is 0 Å². The van der Waals surface area contributed by atoms with Gasteiger partial charge in [-0.05, 0) is 14.1 Å². The van der Waals surface area contributed by atoms with Crippen molar-refractivity contribution in [1.29, 1.82) is 0 Å². The molecule has 0 aromatic heterocycles. The van der Waals surface area contributed by atoms with Crippen LogP contribution in [0.3, 0.4) is 0 Å². The van der Waals surface area contributed by atoms with E-state index in [1.54, 1.807) is 18.4 Å². The van der Waals surface area contributed by atoms with E-state index in [1.807, 2.05) is 0 Å². The molecule has 0 spiro atoms. The molecule has 2 nitrogen and oxygen atoms in total. The van der Waals surface area contributed by atoms with Crippen molar-refractivity contribution in [2.24, 2.45) is 0 Å². The zero-order chi connectivity index (χ0) is 5.86. The number of hydrogen-bond acceptors (Lipinski definition) is 3. The predicted molar refractivity (Wildman–Crippen MR) is 41.4 cm³/mol. The summed E-state index contributed by atoms with van der Waals surface area (Å²) in [5.41, 5.74) is 0. The molecule has 8 heavy (non-hydrogen) atoms. The van der Waals surface area contributed by atoms with Gasteiger partial charge in [0.05, 0.1) is 0 Å². The van der Waals surface area contributed by atoms with E-state index in [4.69, 9.17) is 0 Å². The Bertz CT molecular complexity index is 77.7. The first-order valence-corrected chi connectivity index (χ1v) is 2.93. The van der Waals surface area contributed by atoms with E-state index in [1.165, 1.54) is 0 Å². The molecule has 46 valence electrons. The Hall–Kier alpha value is 1.25. The molecular weight excluding hydrogens is 337 g/mol. The van der Waals surface area contributed by atoms with Gasteiger partial charge in [0.1, 0.15) is 0 Å². The summed E-state index contributed by atoms with van der Waals surface area (Å²) in [6, 6.07) is 0. The van der Waals surface area contributed by atoms with Gasteiger partial charge in [0.25, 0.3) is 4.45 Å². The monoisotopic (exact) mass is 345 g/mol. The van der Waals surface area contributed by atoms with Gasteiger partial charge in [0.15, 0.2) is 0 Å². The zero-order valence-corrected chi connectivity index (χ0v) is 10.3. The molecule has 0 aromatic carbocycles. The second-order valence-electron chi connectivity index (χ2n) is 1.17. The molecule has 0 rings (SSSR count). The maximum absolute atomic E-state index is 10.0. The predicted octanol–water partition coefficient (Wildman–Crippen LogP) is 0.865. The minimum absolute atomic E-state index is 0. The number of rotatable bonds is 1. The summed E-state index contributed by atoms with van der Waals surface area (Å²) in [6.45, 7) is 0. The standard InChI is InChI=1S/C3H7NOS2.Pb/c1-4(2)7-3(5)6;/h1-2H3,(H,5,6);. The van der Waals surface area contributed by atoms with E-state index in [0.717, 1.165) is 11.9 Å². The normalized spacial score (nSPS) is 8.50. The average Bonchev–Trinajstić information content (AvgIpc) is 1.27. The van der Waals surface area contributed by atoms with Crippen LogP contribution in [0.15, 0.2) is 0 Å². The summed E-state index contributed by atoms with van der Waals surface area (Å²) in [5, 5.41) is 0. The fourth-order valence-corrected chi connectivity index (χ4v) is 0.958. The molecule has 0 bridgehead atoms. The van der Waals surface area contributed by atoms with Crippen LogP contribution in [0.25, 0.3) is 0 Å². The molecule has 0 unspecified atom stereocenters. The largest absolute Gasteiger partial charge is 0.273 e. The Balaban J connectivity index is 0. The first-order chi connectivity index (χ1) is 3.13. The maximum atomic E-state index is 10.0. The van der Waals surface area contributed by atoms with E-state index < -0.39 is 0 Å². The van der Waals surface area contributed by atoms with Crippen LogP contribution in [0.5, 0.6) is 0 Å². The van der Waals surface area contributed by atoms with Crippen molar-refractivity contribution in [3.63, 3.8) is 0 Å². The van der Waals surface area contributed by atoms with E-state index in [2.05, 4.69) is 12.6 Å². The molecule has 0 fully saturated rings. The molecule has 0 aliphatic carbocycles. The van der Waals surface area contributed by atoms with Crippen molar-refractivity contribution in [1.82, 2.24) is 4.31 Å². The molecule has 5 heteroatoms. The summed E-state index contributed by atoms with van der Waals surface area (Å²) in [5.74, 6) is 0. The number of carbonyl (C=O) groups is 1. The van der Waals surface area contributed by atoms with Crippen molar-refractivity contribution in [2.75, 3.05) is 14.1 Å². The molecule has 0 aliphatic heterocycles. The van der Waals surface area contributed by atoms with Crippen molar-refractivity contribution in [3.05, 3.63) is 0 Å². The van der Waals surface area contributed by atoms with Crippen LogP contribution in [0.2, 0.25) is 0 Å². The third kappa shape index (κ3) is 10.3. The van der Waals surface area contributed by atoms with Crippen molar-refractivity contribution in [3.8, 4) is 0 Å². The summed E-state index contributed by atoms with van der Waals surface area (Å²) in [7, 11) is 3.58. The Labute approximate surface area is 79.1 Å². The van der Waals surface area contributed by atoms with Crippen LogP contribution in [0, 0.1) is 0 Å². The summed E-state index contributed by atoms with van der Waals surface area (Å²) < 4.78 is 1.51. The first-order valence-electron chi connectivity index (χ1n) is 1.71. The molecule has 0 N–H and O–H groups in total. The number of thiol groups is 1. The van der Waals surface area contributed by atoms with Crippen LogP contribution in [-0.2, 0) is 0 Å². The quantitative estimate of drug-likeness (QED) is 0.433. The van der Waals surface area contributed by atoms with Crippen LogP contribution in [0.4, 0.5) is 4.79 Å². The number of nitrogens with zero attached hydrogens (tertiary/aromatic N) is 1. The second kappa shape index (κ2) is 6.37. The molecular formula is C3H7NOPbS2. The van der Waals surface area contributed by atoms with E-state index >= 15 is 0 Å². The minimum Gasteiger partial charge on any atom is -0.273 e. The Morgan fingerprint density at radius 3 is 2.00 bits per heavy atom. The minimum atomic E-state index is -0.176. The molecule has 0 aliphatic rings. The van der Waals surface area contributed by atoms with Gasteiger partial charge in [-0.15, -0.1) is 0 Å². The van der Waals surface area contributed by atoms with Gasteiger partial charge >= 0.3 is 0 Å². The molecule has 0 saturated heterocycles. The summed E-state index contributed by atoms with van der Waals surface area (Å²) in [4.78, 5) is 10.0. The SMILES string of the molecule is CN(C)SC(=O)S.[Pb]. The summed E-state index contributed by atoms with van der Waals surface area (Å²) in [6.07, 6.45) is 0. The van der Waals surface area contributed by atoms with E-state index in [0.29, 0.717) is 0 Å². The molecule has 0 aromatic rings. The fourth-order valence-electron chi connectivity index (χ4n) is 0.156. The van der Waals surface area contributed by atoms with Crippen LogP contribution in [0.1, 0.15) is 0 Å². The third-order valence-corrected chi connectivity index (χ3v) is 1.03. The first kappa shape index (κ1) is 12.0. The van der Waals surface area contributed by atoms with Gasteiger partial charge in [0, 0.05) is 39.2 Å². The molecule has 0 atom stereocenters. The average molecular weight is 344 g/mol. The molecule has 0 heterocycles. The van der Waals surface area contributed by atoms with Gasteiger partial charge < -0.3 is 0 Å². The summed E-state index contributed by atoms with van der Waals surface area (Å²) >= 11 is 4.59. The maximum Gasteiger partial charge on any atom is 0.258 e. The Morgan fingerprint density at radius 2 is 2.00 bits per heavy atom. The molecule has 0 saturated carbocycles. The topological polar surface area (TPSA) is 20.3 Å². The number of hydrogen-bond donors (Lipinski definition) is 1. The van der Waals surface area contributed by atoms with E-state index in [9.17, 15) is 4.79 Å². The molecule has 0 amide bonds. The third-order valence-electron chi connectivity index (χ3n) is 0.261. The van der Waals surface area contributed by atoms with Gasteiger partial charge in [-0.25, -0.2) is 4.31 Å². The fraction of sp³-hybridized carbons (Fsp3) is 0.667. The van der Waals surface area contributed by atoms with Crippen LogP contribution in [-0.4, -0.2) is 50.1 Å². The van der Waals surface area contributed by atoms with Crippen molar-refractivity contribution >= 4 is 56.3 Å². The second-order valence-corrected chi connectivity index (χ2v) is 3.16. The smallest absolute Gasteiger partial charge is 0.258 e.